The van der Waals surface area contributed by atoms with Crippen molar-refractivity contribution in [1.82, 2.24) is 19.6 Å². The molecule has 0 unspecified atom stereocenters. The Labute approximate surface area is 121 Å². The second kappa shape index (κ2) is 4.87. The van der Waals surface area contributed by atoms with Crippen LogP contribution in [0, 0.1) is 0 Å². The minimum Gasteiger partial charge on any atom is -0.341 e. The lowest BCUT2D eigenvalue weighted by Crippen LogP contribution is -2.26. The second-order valence-corrected chi connectivity index (χ2v) is 5.53. The van der Waals surface area contributed by atoms with Gasteiger partial charge in [-0.3, -0.25) is 9.78 Å². The first-order valence-corrected chi connectivity index (χ1v) is 7.46. The lowest BCUT2D eigenvalue weighted by Gasteiger charge is -2.20. The number of nitrogens with one attached hydrogen (secondary N) is 1. The Kier molecular flexibility index (Phi) is 2.87. The molecular formula is C15H17N5O. The number of aromatic nitrogens is 4. The van der Waals surface area contributed by atoms with Crippen LogP contribution in [0.2, 0.25) is 0 Å². The van der Waals surface area contributed by atoms with E-state index in [2.05, 4.69) is 20.1 Å². The minimum absolute atomic E-state index is 0.118. The van der Waals surface area contributed by atoms with Crippen LogP contribution in [0.5, 0.6) is 0 Å². The van der Waals surface area contributed by atoms with Crippen LogP contribution in [0.1, 0.15) is 25.7 Å². The molecule has 2 aromatic heterocycles. The molecule has 108 valence electrons. The van der Waals surface area contributed by atoms with Crippen molar-refractivity contribution in [2.75, 3.05) is 18.0 Å². The number of benzene rings is 1. The molecule has 0 atom stereocenters. The summed E-state index contributed by atoms with van der Waals surface area (Å²) in [5, 5.41) is 9.14. The number of anilines is 1. The molecule has 4 rings (SSSR count). The van der Waals surface area contributed by atoms with Gasteiger partial charge in [-0.1, -0.05) is 25.0 Å². The summed E-state index contributed by atoms with van der Waals surface area (Å²) in [6.45, 7) is 1.99. The molecule has 1 aliphatic heterocycles. The summed E-state index contributed by atoms with van der Waals surface area (Å²) in [5.41, 5.74) is 0.744. The van der Waals surface area contributed by atoms with E-state index >= 15 is 0 Å². The normalized spacial score (nSPS) is 16.5. The van der Waals surface area contributed by atoms with E-state index in [9.17, 15) is 4.79 Å². The first-order chi connectivity index (χ1) is 10.3. The number of H-pyrrole nitrogens is 1. The summed E-state index contributed by atoms with van der Waals surface area (Å²) in [6.07, 6.45) is 4.89. The molecule has 1 fully saturated rings. The maximum Gasteiger partial charge on any atom is 0.260 e. The lowest BCUT2D eigenvalue weighted by molar-refractivity contribution is 0.726. The SMILES string of the molecule is O=c1[nH]c2nnc(N3CCCCCC3)n2c2ccccc12. The van der Waals surface area contributed by atoms with Gasteiger partial charge < -0.3 is 4.90 Å². The molecule has 6 heteroatoms. The topological polar surface area (TPSA) is 66.3 Å². The average Bonchev–Trinajstić information content (AvgIpc) is 2.75. The highest BCUT2D eigenvalue weighted by molar-refractivity contribution is 5.81. The molecule has 0 radical (unpaired) electrons. The predicted octanol–water partition coefficient (Wildman–Crippen LogP) is 1.95. The van der Waals surface area contributed by atoms with Gasteiger partial charge >= 0.3 is 0 Å². The van der Waals surface area contributed by atoms with Crippen molar-refractivity contribution >= 4 is 22.6 Å². The standard InChI is InChI=1S/C15H17N5O/c21-13-11-7-3-4-8-12(11)20-14(16-13)17-18-15(20)19-9-5-1-2-6-10-19/h3-4,7-8H,1-2,5-6,9-10H2,(H,16,17,21). The molecule has 21 heavy (non-hydrogen) atoms. The molecule has 0 bridgehead atoms. The molecule has 0 spiro atoms. The van der Waals surface area contributed by atoms with Gasteiger partial charge in [-0.25, -0.2) is 4.40 Å². The third-order valence-corrected chi connectivity index (χ3v) is 4.15. The highest BCUT2D eigenvalue weighted by Crippen LogP contribution is 2.21. The van der Waals surface area contributed by atoms with Gasteiger partial charge in [0.15, 0.2) is 0 Å². The van der Waals surface area contributed by atoms with E-state index in [0.29, 0.717) is 11.2 Å². The third kappa shape index (κ3) is 1.98. The van der Waals surface area contributed by atoms with Crippen molar-refractivity contribution in [3.05, 3.63) is 34.6 Å². The number of hydrogen-bond donors (Lipinski definition) is 1. The van der Waals surface area contributed by atoms with Crippen LogP contribution < -0.4 is 10.5 Å². The van der Waals surface area contributed by atoms with E-state index in [0.717, 1.165) is 24.6 Å². The van der Waals surface area contributed by atoms with Gasteiger partial charge in [-0.15, -0.1) is 10.2 Å². The molecule has 6 nitrogen and oxygen atoms in total. The Balaban J connectivity index is 1.98. The highest BCUT2D eigenvalue weighted by atomic mass is 16.1. The smallest absolute Gasteiger partial charge is 0.260 e. The van der Waals surface area contributed by atoms with Crippen LogP contribution in [-0.2, 0) is 0 Å². The Morgan fingerprint density at radius 2 is 1.76 bits per heavy atom. The Morgan fingerprint density at radius 1 is 1.00 bits per heavy atom. The van der Waals surface area contributed by atoms with Crippen LogP contribution in [0.3, 0.4) is 0 Å². The molecule has 0 saturated carbocycles. The van der Waals surface area contributed by atoms with Crippen LogP contribution in [-0.4, -0.2) is 32.7 Å². The van der Waals surface area contributed by atoms with Crippen molar-refractivity contribution in [3.8, 4) is 0 Å². The summed E-state index contributed by atoms with van der Waals surface area (Å²) in [4.78, 5) is 17.2. The second-order valence-electron chi connectivity index (χ2n) is 5.53. The summed E-state index contributed by atoms with van der Waals surface area (Å²) in [6, 6.07) is 7.59. The van der Waals surface area contributed by atoms with E-state index in [1.54, 1.807) is 0 Å². The van der Waals surface area contributed by atoms with Crippen molar-refractivity contribution in [2.24, 2.45) is 0 Å². The Bertz CT molecular complexity index is 842. The van der Waals surface area contributed by atoms with Gasteiger partial charge in [-0.05, 0) is 25.0 Å². The quantitative estimate of drug-likeness (QED) is 0.741. The predicted molar refractivity (Wildman–Crippen MR) is 81.8 cm³/mol. The average molecular weight is 283 g/mol. The first kappa shape index (κ1) is 12.4. The number of rotatable bonds is 1. The number of hydrogen-bond acceptors (Lipinski definition) is 4. The lowest BCUT2D eigenvalue weighted by atomic mass is 10.2. The molecule has 1 aliphatic rings. The Hall–Kier alpha value is -2.37. The van der Waals surface area contributed by atoms with Crippen molar-refractivity contribution in [2.45, 2.75) is 25.7 Å². The van der Waals surface area contributed by atoms with E-state index in [-0.39, 0.29) is 5.56 Å². The van der Waals surface area contributed by atoms with Crippen LogP contribution in [0.25, 0.3) is 16.7 Å². The van der Waals surface area contributed by atoms with E-state index < -0.39 is 0 Å². The van der Waals surface area contributed by atoms with Gasteiger partial charge in [0.1, 0.15) is 0 Å². The molecule has 0 aliphatic carbocycles. The van der Waals surface area contributed by atoms with Gasteiger partial charge in [-0.2, -0.15) is 0 Å². The van der Waals surface area contributed by atoms with Crippen LogP contribution in [0.4, 0.5) is 5.95 Å². The van der Waals surface area contributed by atoms with Crippen molar-refractivity contribution in [3.63, 3.8) is 0 Å². The zero-order chi connectivity index (χ0) is 14.2. The third-order valence-electron chi connectivity index (χ3n) is 4.15. The molecule has 1 saturated heterocycles. The molecule has 3 aromatic rings. The van der Waals surface area contributed by atoms with Gasteiger partial charge in [0.05, 0.1) is 10.9 Å². The fourth-order valence-electron chi connectivity index (χ4n) is 3.08. The van der Waals surface area contributed by atoms with Crippen molar-refractivity contribution < 1.29 is 0 Å². The maximum absolute atomic E-state index is 12.1. The number of fused-ring (bicyclic) bond motifs is 3. The summed E-state index contributed by atoms with van der Waals surface area (Å²) in [5.74, 6) is 1.34. The number of aromatic amines is 1. The fraction of sp³-hybridized carbons (Fsp3) is 0.400. The Morgan fingerprint density at radius 3 is 2.57 bits per heavy atom. The zero-order valence-electron chi connectivity index (χ0n) is 11.7. The van der Waals surface area contributed by atoms with Gasteiger partial charge in [0.2, 0.25) is 11.7 Å². The molecule has 1 N–H and O–H groups in total. The first-order valence-electron chi connectivity index (χ1n) is 7.46. The molecule has 0 amide bonds. The van der Waals surface area contributed by atoms with E-state index in [4.69, 9.17) is 0 Å². The monoisotopic (exact) mass is 283 g/mol. The summed E-state index contributed by atoms with van der Waals surface area (Å²) >= 11 is 0. The number of nitrogens with zero attached hydrogens (tertiary/aromatic N) is 4. The largest absolute Gasteiger partial charge is 0.341 e. The summed E-state index contributed by atoms with van der Waals surface area (Å²) < 4.78 is 1.96. The fourth-order valence-corrected chi connectivity index (χ4v) is 3.08. The maximum atomic E-state index is 12.1. The van der Waals surface area contributed by atoms with Crippen LogP contribution >= 0.6 is 0 Å². The van der Waals surface area contributed by atoms with Crippen LogP contribution in [0.15, 0.2) is 29.1 Å². The van der Waals surface area contributed by atoms with E-state index in [1.165, 1.54) is 25.7 Å². The van der Waals surface area contributed by atoms with Crippen molar-refractivity contribution in [1.29, 1.82) is 0 Å². The summed E-state index contributed by atoms with van der Waals surface area (Å²) in [7, 11) is 0. The molecule has 1 aromatic carbocycles. The highest BCUT2D eigenvalue weighted by Gasteiger charge is 2.18. The van der Waals surface area contributed by atoms with Gasteiger partial charge in [0, 0.05) is 13.1 Å². The zero-order valence-corrected chi connectivity index (χ0v) is 11.7. The minimum atomic E-state index is -0.118. The molecular weight excluding hydrogens is 266 g/mol. The van der Waals surface area contributed by atoms with E-state index in [1.807, 2.05) is 28.7 Å². The van der Waals surface area contributed by atoms with Gasteiger partial charge in [0.25, 0.3) is 5.56 Å². The number of para-hydroxylation sites is 1. The molecule has 3 heterocycles.